The molecule has 8 nitrogen and oxygen atoms in total. The number of aromatic nitrogens is 1. The molecule has 9 heteroatoms. The summed E-state index contributed by atoms with van der Waals surface area (Å²) in [6, 6.07) is 5.63. The standard InChI is InChI=1S/C14H13N3O5S/c1-3-22-13(19)12-11(16-14(23-12)15-8(2)18)9-4-6-10(7-5-9)17(20)21/h4-7H,3H2,1-2H3,(H,15,16,18). The number of rotatable bonds is 5. The van der Waals surface area contributed by atoms with E-state index in [4.69, 9.17) is 4.74 Å². The molecular weight excluding hydrogens is 322 g/mol. The Labute approximate surface area is 135 Å². The lowest BCUT2D eigenvalue weighted by molar-refractivity contribution is -0.384. The maximum absolute atomic E-state index is 12.0. The van der Waals surface area contributed by atoms with Gasteiger partial charge in [0.25, 0.3) is 5.69 Å². The van der Waals surface area contributed by atoms with E-state index in [2.05, 4.69) is 10.3 Å². The van der Waals surface area contributed by atoms with Crippen molar-refractivity contribution in [2.75, 3.05) is 11.9 Å². The first-order chi connectivity index (χ1) is 10.9. The number of amides is 1. The third-order valence-corrected chi connectivity index (χ3v) is 3.67. The normalized spacial score (nSPS) is 10.2. The highest BCUT2D eigenvalue weighted by molar-refractivity contribution is 7.18. The summed E-state index contributed by atoms with van der Waals surface area (Å²) in [6.45, 7) is 3.21. The fourth-order valence-electron chi connectivity index (χ4n) is 1.80. The smallest absolute Gasteiger partial charge is 0.350 e. The van der Waals surface area contributed by atoms with Gasteiger partial charge in [0.05, 0.1) is 17.2 Å². The van der Waals surface area contributed by atoms with E-state index in [0.717, 1.165) is 11.3 Å². The van der Waals surface area contributed by atoms with Gasteiger partial charge in [0.2, 0.25) is 5.91 Å². The SMILES string of the molecule is CCOC(=O)c1sc(NC(C)=O)nc1-c1ccc([N+](=O)[O-])cc1. The molecule has 0 aliphatic heterocycles. The second-order valence-electron chi connectivity index (χ2n) is 4.40. The first kappa shape index (κ1) is 16.6. The number of esters is 1. The van der Waals surface area contributed by atoms with Gasteiger partial charge < -0.3 is 10.1 Å². The molecule has 2 rings (SSSR count). The van der Waals surface area contributed by atoms with E-state index in [1.54, 1.807) is 6.92 Å². The van der Waals surface area contributed by atoms with E-state index in [1.165, 1.54) is 31.2 Å². The van der Waals surface area contributed by atoms with Crippen molar-refractivity contribution in [1.29, 1.82) is 0 Å². The number of benzene rings is 1. The number of carbonyl (C=O) groups is 2. The Balaban J connectivity index is 2.45. The molecule has 0 saturated heterocycles. The fourth-order valence-corrected chi connectivity index (χ4v) is 2.72. The van der Waals surface area contributed by atoms with Crippen LogP contribution in [0.1, 0.15) is 23.5 Å². The highest BCUT2D eigenvalue weighted by Gasteiger charge is 2.21. The van der Waals surface area contributed by atoms with Crippen LogP contribution in [0.15, 0.2) is 24.3 Å². The molecule has 0 bridgehead atoms. The summed E-state index contributed by atoms with van der Waals surface area (Å²) in [4.78, 5) is 37.8. The van der Waals surface area contributed by atoms with Crippen molar-refractivity contribution in [3.63, 3.8) is 0 Å². The first-order valence-corrected chi connectivity index (χ1v) is 7.44. The van der Waals surface area contributed by atoms with Gasteiger partial charge in [-0.05, 0) is 19.1 Å². The highest BCUT2D eigenvalue weighted by atomic mass is 32.1. The summed E-state index contributed by atoms with van der Waals surface area (Å²) in [5.74, 6) is -0.876. The van der Waals surface area contributed by atoms with Gasteiger partial charge in [0, 0.05) is 24.6 Å². The molecular formula is C14H13N3O5S. The lowest BCUT2D eigenvalue weighted by Gasteiger charge is -2.02. The zero-order valence-corrected chi connectivity index (χ0v) is 13.2. The van der Waals surface area contributed by atoms with Crippen molar-refractivity contribution in [3.8, 4) is 11.3 Å². The van der Waals surface area contributed by atoms with Gasteiger partial charge in [-0.25, -0.2) is 9.78 Å². The van der Waals surface area contributed by atoms with Gasteiger partial charge in [0.1, 0.15) is 4.88 Å². The average molecular weight is 335 g/mol. The number of hydrogen-bond acceptors (Lipinski definition) is 7. The molecule has 1 aromatic heterocycles. The largest absolute Gasteiger partial charge is 0.462 e. The van der Waals surface area contributed by atoms with Crippen molar-refractivity contribution < 1.29 is 19.2 Å². The predicted octanol–water partition coefficient (Wildman–Crippen LogP) is 2.85. The second-order valence-corrected chi connectivity index (χ2v) is 5.40. The number of hydrogen-bond donors (Lipinski definition) is 1. The van der Waals surface area contributed by atoms with Crippen molar-refractivity contribution in [2.45, 2.75) is 13.8 Å². The molecule has 1 aromatic carbocycles. The Bertz CT molecular complexity index is 754. The van der Waals surface area contributed by atoms with Crippen LogP contribution in [0.5, 0.6) is 0 Å². The van der Waals surface area contributed by atoms with E-state index >= 15 is 0 Å². The number of ether oxygens (including phenoxy) is 1. The van der Waals surface area contributed by atoms with E-state index in [-0.39, 0.29) is 28.2 Å². The lowest BCUT2D eigenvalue weighted by Crippen LogP contribution is -2.04. The number of non-ortho nitro benzene ring substituents is 1. The van der Waals surface area contributed by atoms with E-state index in [0.29, 0.717) is 11.3 Å². The summed E-state index contributed by atoms with van der Waals surface area (Å²) >= 11 is 0.990. The molecule has 0 aliphatic rings. The topological polar surface area (TPSA) is 111 Å². The monoisotopic (exact) mass is 335 g/mol. The molecule has 0 unspecified atom stereocenters. The summed E-state index contributed by atoms with van der Waals surface area (Å²) < 4.78 is 4.98. The molecule has 0 atom stereocenters. The third-order valence-electron chi connectivity index (χ3n) is 2.72. The number of nitro benzene ring substituents is 1. The van der Waals surface area contributed by atoms with Gasteiger partial charge in [-0.2, -0.15) is 0 Å². The summed E-state index contributed by atoms with van der Waals surface area (Å²) in [5, 5.41) is 13.5. The van der Waals surface area contributed by atoms with Crippen LogP contribution in [0.25, 0.3) is 11.3 Å². The molecule has 23 heavy (non-hydrogen) atoms. The Hall–Kier alpha value is -2.81. The predicted molar refractivity (Wildman–Crippen MR) is 84.5 cm³/mol. The van der Waals surface area contributed by atoms with Crippen LogP contribution >= 0.6 is 11.3 Å². The quantitative estimate of drug-likeness (QED) is 0.511. The Morgan fingerprint density at radius 3 is 2.52 bits per heavy atom. The van der Waals surface area contributed by atoms with Crippen LogP contribution in [0.4, 0.5) is 10.8 Å². The van der Waals surface area contributed by atoms with Gasteiger partial charge in [-0.15, -0.1) is 0 Å². The minimum atomic E-state index is -0.560. The number of carbonyl (C=O) groups excluding carboxylic acids is 2. The summed E-state index contributed by atoms with van der Waals surface area (Å²) in [7, 11) is 0. The fraction of sp³-hybridized carbons (Fsp3) is 0.214. The zero-order chi connectivity index (χ0) is 17.0. The number of nitrogens with zero attached hydrogens (tertiary/aromatic N) is 2. The summed E-state index contributed by atoms with van der Waals surface area (Å²) in [5.41, 5.74) is 0.766. The number of thiazole rings is 1. The number of nitrogens with one attached hydrogen (secondary N) is 1. The Morgan fingerprint density at radius 1 is 1.35 bits per heavy atom. The van der Waals surface area contributed by atoms with Crippen molar-refractivity contribution >= 4 is 34.0 Å². The van der Waals surface area contributed by atoms with Crippen LogP contribution in [-0.4, -0.2) is 28.4 Å². The molecule has 120 valence electrons. The summed E-state index contributed by atoms with van der Waals surface area (Å²) in [6.07, 6.45) is 0. The third kappa shape index (κ3) is 3.89. The first-order valence-electron chi connectivity index (χ1n) is 6.62. The Kier molecular flexibility index (Phi) is 5.02. The van der Waals surface area contributed by atoms with Crippen LogP contribution < -0.4 is 5.32 Å². The molecule has 0 aliphatic carbocycles. The van der Waals surface area contributed by atoms with Crippen molar-refractivity contribution in [2.24, 2.45) is 0 Å². The van der Waals surface area contributed by atoms with E-state index < -0.39 is 10.9 Å². The van der Waals surface area contributed by atoms with Crippen LogP contribution in [-0.2, 0) is 9.53 Å². The molecule has 0 fully saturated rings. The molecule has 1 N–H and O–H groups in total. The zero-order valence-electron chi connectivity index (χ0n) is 12.4. The Morgan fingerprint density at radius 2 is 2.00 bits per heavy atom. The second kappa shape index (κ2) is 6.97. The number of nitro groups is 1. The average Bonchev–Trinajstić information content (AvgIpc) is 2.90. The van der Waals surface area contributed by atoms with Gasteiger partial charge in [0.15, 0.2) is 5.13 Å². The van der Waals surface area contributed by atoms with Crippen LogP contribution in [0, 0.1) is 10.1 Å². The lowest BCUT2D eigenvalue weighted by atomic mass is 10.1. The maximum Gasteiger partial charge on any atom is 0.350 e. The molecule has 1 amide bonds. The number of anilines is 1. The molecule has 0 saturated carbocycles. The minimum Gasteiger partial charge on any atom is -0.462 e. The van der Waals surface area contributed by atoms with E-state index in [9.17, 15) is 19.7 Å². The van der Waals surface area contributed by atoms with Gasteiger partial charge >= 0.3 is 5.97 Å². The van der Waals surface area contributed by atoms with Crippen molar-refractivity contribution in [1.82, 2.24) is 4.98 Å². The molecule has 2 aromatic rings. The molecule has 0 spiro atoms. The molecule has 1 heterocycles. The van der Waals surface area contributed by atoms with Crippen molar-refractivity contribution in [3.05, 3.63) is 39.3 Å². The van der Waals surface area contributed by atoms with Gasteiger partial charge in [-0.1, -0.05) is 11.3 Å². The highest BCUT2D eigenvalue weighted by Crippen LogP contribution is 2.32. The maximum atomic E-state index is 12.0. The van der Waals surface area contributed by atoms with Gasteiger partial charge in [-0.3, -0.25) is 14.9 Å². The van der Waals surface area contributed by atoms with Crippen LogP contribution in [0.3, 0.4) is 0 Å². The minimum absolute atomic E-state index is 0.0660. The molecule has 0 radical (unpaired) electrons. The van der Waals surface area contributed by atoms with Crippen LogP contribution in [0.2, 0.25) is 0 Å². The van der Waals surface area contributed by atoms with E-state index in [1.807, 2.05) is 0 Å².